The van der Waals surface area contributed by atoms with Gasteiger partial charge in [-0.25, -0.2) is 8.42 Å². The molecule has 1 aliphatic heterocycles. The zero-order valence-electron chi connectivity index (χ0n) is 10.3. The van der Waals surface area contributed by atoms with Crippen LogP contribution in [0.2, 0.25) is 5.02 Å². The molecular weight excluding hydrogens is 308 g/mol. The molecule has 1 aromatic carbocycles. The highest BCUT2D eigenvalue weighted by Gasteiger charge is 2.30. The van der Waals surface area contributed by atoms with E-state index in [0.717, 1.165) is 10.4 Å². The maximum absolute atomic E-state index is 12.3. The number of nitro groups is 1. The number of carbonyl (C=O) groups excluding carboxylic acids is 1. The zero-order chi connectivity index (χ0) is 14.9. The first-order valence-corrected chi connectivity index (χ1v) is 7.60. The molecule has 0 unspecified atom stereocenters. The van der Waals surface area contributed by atoms with E-state index >= 15 is 0 Å². The minimum atomic E-state index is -3.84. The maximum Gasteiger partial charge on any atom is 0.289 e. The molecule has 0 amide bonds. The number of Topliss-reactive ketones (excluding diaryl/α,β-unsaturated/α-hetero) is 1. The summed E-state index contributed by atoms with van der Waals surface area (Å²) in [5.74, 6) is 0.0125. The van der Waals surface area contributed by atoms with E-state index in [4.69, 9.17) is 11.6 Å². The Hall–Kier alpha value is -1.51. The molecule has 1 aromatic rings. The average molecular weight is 319 g/mol. The molecule has 0 N–H and O–H groups in total. The second kappa shape index (κ2) is 5.47. The first-order valence-electron chi connectivity index (χ1n) is 5.78. The van der Waals surface area contributed by atoms with E-state index in [1.54, 1.807) is 0 Å². The summed E-state index contributed by atoms with van der Waals surface area (Å²) in [6.45, 7) is 0.190. The Morgan fingerprint density at radius 3 is 2.40 bits per heavy atom. The third-order valence-electron chi connectivity index (χ3n) is 3.03. The van der Waals surface area contributed by atoms with Crippen molar-refractivity contribution in [1.82, 2.24) is 4.31 Å². The van der Waals surface area contributed by atoms with Crippen molar-refractivity contribution in [3.8, 4) is 0 Å². The summed E-state index contributed by atoms with van der Waals surface area (Å²) in [6.07, 6.45) is 0.323. The fraction of sp³-hybridized carbons (Fsp3) is 0.364. The van der Waals surface area contributed by atoms with Gasteiger partial charge in [-0.1, -0.05) is 11.6 Å². The molecule has 2 rings (SSSR count). The minimum absolute atomic E-state index is 0.0125. The van der Waals surface area contributed by atoms with Gasteiger partial charge in [0.2, 0.25) is 10.0 Å². The normalized spacial score (nSPS) is 17.1. The van der Waals surface area contributed by atoms with E-state index in [1.807, 2.05) is 0 Å². The van der Waals surface area contributed by atoms with Gasteiger partial charge >= 0.3 is 0 Å². The van der Waals surface area contributed by atoms with Gasteiger partial charge in [-0.2, -0.15) is 4.31 Å². The Kier molecular flexibility index (Phi) is 4.07. The van der Waals surface area contributed by atoms with Crippen molar-refractivity contribution in [1.29, 1.82) is 0 Å². The third kappa shape index (κ3) is 2.82. The predicted octanol–water partition coefficient (Wildman–Crippen LogP) is 1.60. The number of ketones is 1. The lowest BCUT2D eigenvalue weighted by Gasteiger charge is -2.25. The van der Waals surface area contributed by atoms with Crippen molar-refractivity contribution in [3.63, 3.8) is 0 Å². The Labute approximate surface area is 120 Å². The Bertz CT molecular complexity index is 663. The van der Waals surface area contributed by atoms with Gasteiger partial charge in [0, 0.05) is 32.0 Å². The van der Waals surface area contributed by atoms with Crippen LogP contribution in [0.4, 0.5) is 5.69 Å². The van der Waals surface area contributed by atoms with Gasteiger partial charge < -0.3 is 0 Å². The number of carbonyl (C=O) groups is 1. The first kappa shape index (κ1) is 14.9. The van der Waals surface area contributed by atoms with Gasteiger partial charge in [0.15, 0.2) is 0 Å². The van der Waals surface area contributed by atoms with Gasteiger partial charge in [-0.05, 0) is 12.1 Å². The van der Waals surface area contributed by atoms with Crippen LogP contribution in [0.1, 0.15) is 12.8 Å². The number of benzene rings is 1. The van der Waals surface area contributed by atoms with Crippen molar-refractivity contribution in [2.24, 2.45) is 0 Å². The van der Waals surface area contributed by atoms with Crippen molar-refractivity contribution in [2.45, 2.75) is 17.7 Å². The first-order chi connectivity index (χ1) is 9.32. The number of halogens is 1. The highest BCUT2D eigenvalue weighted by Crippen LogP contribution is 2.29. The lowest BCUT2D eigenvalue weighted by atomic mass is 10.1. The van der Waals surface area contributed by atoms with Crippen molar-refractivity contribution >= 4 is 33.1 Å². The summed E-state index contributed by atoms with van der Waals surface area (Å²) in [7, 11) is -3.84. The van der Waals surface area contributed by atoms with E-state index in [-0.39, 0.29) is 41.6 Å². The van der Waals surface area contributed by atoms with Crippen molar-refractivity contribution < 1.29 is 18.1 Å². The van der Waals surface area contributed by atoms with E-state index in [9.17, 15) is 23.3 Å². The Balaban J connectivity index is 2.37. The quantitative estimate of drug-likeness (QED) is 0.623. The van der Waals surface area contributed by atoms with Crippen LogP contribution in [0.3, 0.4) is 0 Å². The summed E-state index contributed by atoms with van der Waals surface area (Å²) in [4.78, 5) is 21.0. The molecule has 20 heavy (non-hydrogen) atoms. The van der Waals surface area contributed by atoms with Crippen LogP contribution in [0.25, 0.3) is 0 Å². The Morgan fingerprint density at radius 2 is 1.85 bits per heavy atom. The highest BCUT2D eigenvalue weighted by atomic mass is 35.5. The zero-order valence-corrected chi connectivity index (χ0v) is 11.9. The fourth-order valence-electron chi connectivity index (χ4n) is 1.92. The Morgan fingerprint density at radius 1 is 1.25 bits per heavy atom. The molecule has 0 spiro atoms. The lowest BCUT2D eigenvalue weighted by molar-refractivity contribution is -0.384. The predicted molar refractivity (Wildman–Crippen MR) is 71.1 cm³/mol. The number of hydrogen-bond donors (Lipinski definition) is 0. The third-order valence-corrected chi connectivity index (χ3v) is 5.25. The topological polar surface area (TPSA) is 97.6 Å². The molecule has 1 fully saturated rings. The van der Waals surface area contributed by atoms with Gasteiger partial charge in [0.05, 0.1) is 9.82 Å². The maximum atomic E-state index is 12.3. The van der Waals surface area contributed by atoms with Crippen LogP contribution in [0, 0.1) is 10.1 Å². The number of hydrogen-bond acceptors (Lipinski definition) is 5. The van der Waals surface area contributed by atoms with Crippen LogP contribution >= 0.6 is 11.6 Å². The molecule has 7 nitrogen and oxygen atoms in total. The number of nitrogens with zero attached hydrogens (tertiary/aromatic N) is 2. The summed E-state index contributed by atoms with van der Waals surface area (Å²) < 4.78 is 25.8. The minimum Gasteiger partial charge on any atom is -0.300 e. The molecule has 1 aliphatic rings. The van der Waals surface area contributed by atoms with E-state index < -0.39 is 20.6 Å². The molecule has 0 saturated carbocycles. The number of nitro benzene ring substituents is 1. The van der Waals surface area contributed by atoms with Crippen LogP contribution in [-0.2, 0) is 14.8 Å². The van der Waals surface area contributed by atoms with Crippen LogP contribution in [0.5, 0.6) is 0 Å². The summed E-state index contributed by atoms with van der Waals surface area (Å²) in [6, 6.07) is 3.34. The van der Waals surface area contributed by atoms with E-state index in [1.165, 1.54) is 12.1 Å². The van der Waals surface area contributed by atoms with E-state index in [0.29, 0.717) is 0 Å². The number of rotatable bonds is 3. The molecule has 9 heteroatoms. The summed E-state index contributed by atoms with van der Waals surface area (Å²) in [5.41, 5.74) is -0.458. The fourth-order valence-corrected chi connectivity index (χ4v) is 3.57. The molecular formula is C11H11ClN2O5S. The molecule has 1 saturated heterocycles. The lowest BCUT2D eigenvalue weighted by Crippen LogP contribution is -2.38. The largest absolute Gasteiger partial charge is 0.300 e. The smallest absolute Gasteiger partial charge is 0.289 e. The molecule has 0 bridgehead atoms. The van der Waals surface area contributed by atoms with Crippen molar-refractivity contribution in [2.75, 3.05) is 13.1 Å². The molecule has 0 aromatic heterocycles. The number of sulfonamides is 1. The second-order valence-electron chi connectivity index (χ2n) is 4.31. The van der Waals surface area contributed by atoms with Gasteiger partial charge in [-0.15, -0.1) is 0 Å². The average Bonchev–Trinajstić information content (AvgIpc) is 2.39. The van der Waals surface area contributed by atoms with E-state index in [2.05, 4.69) is 0 Å². The molecule has 108 valence electrons. The van der Waals surface area contributed by atoms with Crippen LogP contribution < -0.4 is 0 Å². The standard InChI is InChI=1S/C11H11ClN2O5S/c12-10-2-1-9(7-11(10)14(16)17)20(18,19)13-5-3-8(15)4-6-13/h1-2,7H,3-6H2. The molecule has 1 heterocycles. The van der Waals surface area contributed by atoms with Crippen molar-refractivity contribution in [3.05, 3.63) is 33.3 Å². The summed E-state index contributed by atoms with van der Waals surface area (Å²) in [5, 5.41) is 10.7. The van der Waals surface area contributed by atoms with Gasteiger partial charge in [0.25, 0.3) is 5.69 Å². The van der Waals surface area contributed by atoms with Gasteiger partial charge in [0.1, 0.15) is 10.8 Å². The molecule has 0 radical (unpaired) electrons. The monoisotopic (exact) mass is 318 g/mol. The SMILES string of the molecule is O=C1CCN(S(=O)(=O)c2ccc(Cl)c([N+](=O)[O-])c2)CC1. The molecule has 0 aliphatic carbocycles. The van der Waals surface area contributed by atoms with Crippen LogP contribution in [-0.4, -0.2) is 36.5 Å². The van der Waals surface area contributed by atoms with Crippen LogP contribution in [0.15, 0.2) is 23.1 Å². The summed E-state index contributed by atoms with van der Waals surface area (Å²) >= 11 is 5.65. The molecule has 0 atom stereocenters. The second-order valence-corrected chi connectivity index (χ2v) is 6.66. The number of piperidine rings is 1. The highest BCUT2D eigenvalue weighted by molar-refractivity contribution is 7.89. The van der Waals surface area contributed by atoms with Gasteiger partial charge in [-0.3, -0.25) is 14.9 Å².